The van der Waals surface area contributed by atoms with Gasteiger partial charge in [-0.15, -0.1) is 0 Å². The molecular weight excluding hydrogens is 346 g/mol. The van der Waals surface area contributed by atoms with Crippen molar-refractivity contribution in [2.24, 2.45) is 18.7 Å². The van der Waals surface area contributed by atoms with Gasteiger partial charge in [-0.2, -0.15) is 0 Å². The van der Waals surface area contributed by atoms with Crippen molar-refractivity contribution in [3.05, 3.63) is 46.0 Å². The SMILES string of the molecule is Cc1cc(-c2cn3cc(C(=O)N4CCC(CN)C4)nc3c(=O)n2C)c(C)o1. The first-order valence-electron chi connectivity index (χ1n) is 9.04. The van der Waals surface area contributed by atoms with Gasteiger partial charge in [0.05, 0.1) is 5.69 Å². The van der Waals surface area contributed by atoms with E-state index in [9.17, 15) is 9.59 Å². The van der Waals surface area contributed by atoms with E-state index in [0.717, 1.165) is 23.5 Å². The minimum Gasteiger partial charge on any atom is -0.466 e. The fourth-order valence-electron chi connectivity index (χ4n) is 3.74. The van der Waals surface area contributed by atoms with Gasteiger partial charge in [-0.25, -0.2) is 4.98 Å². The number of aromatic nitrogens is 3. The first kappa shape index (κ1) is 17.5. The van der Waals surface area contributed by atoms with Gasteiger partial charge in [0.2, 0.25) is 5.65 Å². The van der Waals surface area contributed by atoms with E-state index < -0.39 is 0 Å². The summed E-state index contributed by atoms with van der Waals surface area (Å²) in [5.74, 6) is 1.69. The number of amides is 1. The number of nitrogens with two attached hydrogens (primary N) is 1. The van der Waals surface area contributed by atoms with E-state index in [1.165, 1.54) is 4.57 Å². The zero-order valence-corrected chi connectivity index (χ0v) is 15.7. The Morgan fingerprint density at radius 2 is 2.15 bits per heavy atom. The molecule has 3 aromatic rings. The Labute approximate surface area is 156 Å². The van der Waals surface area contributed by atoms with Gasteiger partial charge in [0.15, 0.2) is 0 Å². The average Bonchev–Trinajstić information content (AvgIpc) is 3.35. The number of likely N-dealkylation sites (tertiary alicyclic amines) is 1. The summed E-state index contributed by atoms with van der Waals surface area (Å²) in [6, 6.07) is 1.90. The summed E-state index contributed by atoms with van der Waals surface area (Å²) in [6.45, 7) is 5.61. The van der Waals surface area contributed by atoms with Crippen LogP contribution in [-0.2, 0) is 7.05 Å². The summed E-state index contributed by atoms with van der Waals surface area (Å²) in [7, 11) is 1.70. The molecule has 1 saturated heterocycles. The van der Waals surface area contributed by atoms with Crippen molar-refractivity contribution in [3.8, 4) is 11.3 Å². The summed E-state index contributed by atoms with van der Waals surface area (Å²) in [5.41, 5.74) is 7.52. The highest BCUT2D eigenvalue weighted by molar-refractivity contribution is 5.93. The Balaban J connectivity index is 1.77. The zero-order chi connectivity index (χ0) is 19.3. The Hall–Kier alpha value is -2.87. The second-order valence-electron chi connectivity index (χ2n) is 7.20. The van der Waals surface area contributed by atoms with Crippen molar-refractivity contribution >= 4 is 11.6 Å². The maximum absolute atomic E-state index is 12.8. The molecule has 4 heterocycles. The van der Waals surface area contributed by atoms with Crippen LogP contribution < -0.4 is 11.3 Å². The number of nitrogens with zero attached hydrogens (tertiary/aromatic N) is 4. The lowest BCUT2D eigenvalue weighted by molar-refractivity contribution is 0.0782. The number of carbonyl (C=O) groups is 1. The van der Waals surface area contributed by atoms with Crippen molar-refractivity contribution in [1.82, 2.24) is 18.9 Å². The Bertz CT molecular complexity index is 1090. The van der Waals surface area contributed by atoms with E-state index in [0.29, 0.717) is 31.2 Å². The number of furan rings is 1. The maximum Gasteiger partial charge on any atom is 0.294 e. The number of hydrogen-bond donors (Lipinski definition) is 1. The third kappa shape index (κ3) is 2.86. The standard InChI is InChI=1S/C19H23N5O3/c1-11-6-14(12(2)27-11)16-10-24-9-15(21-17(24)19(26)22(16)3)18(25)23-5-4-13(7-20)8-23/h6,9-10,13H,4-5,7-8,20H2,1-3H3. The van der Waals surface area contributed by atoms with Gasteiger partial charge >= 0.3 is 0 Å². The van der Waals surface area contributed by atoms with Crippen LogP contribution in [0, 0.1) is 19.8 Å². The second-order valence-corrected chi connectivity index (χ2v) is 7.20. The molecule has 0 bridgehead atoms. The lowest BCUT2D eigenvalue weighted by Crippen LogP contribution is -2.30. The molecule has 0 aromatic carbocycles. The van der Waals surface area contributed by atoms with Crippen LogP contribution in [0.4, 0.5) is 0 Å². The highest BCUT2D eigenvalue weighted by atomic mass is 16.3. The third-order valence-corrected chi connectivity index (χ3v) is 5.29. The molecule has 1 aliphatic heterocycles. The third-order valence-electron chi connectivity index (χ3n) is 5.29. The maximum atomic E-state index is 12.8. The van der Waals surface area contributed by atoms with Gasteiger partial charge in [-0.1, -0.05) is 0 Å². The van der Waals surface area contributed by atoms with Crippen molar-refractivity contribution in [1.29, 1.82) is 0 Å². The van der Waals surface area contributed by atoms with Crippen molar-refractivity contribution < 1.29 is 9.21 Å². The number of carbonyl (C=O) groups excluding carboxylic acids is 1. The summed E-state index contributed by atoms with van der Waals surface area (Å²) < 4.78 is 8.76. The van der Waals surface area contributed by atoms with Crippen LogP contribution in [-0.4, -0.2) is 44.4 Å². The van der Waals surface area contributed by atoms with Crippen LogP contribution in [0.5, 0.6) is 0 Å². The van der Waals surface area contributed by atoms with E-state index in [2.05, 4.69) is 4.98 Å². The highest BCUT2D eigenvalue weighted by Crippen LogP contribution is 2.26. The fraction of sp³-hybridized carbons (Fsp3) is 0.421. The molecule has 0 saturated carbocycles. The van der Waals surface area contributed by atoms with Gasteiger partial charge in [0, 0.05) is 38.1 Å². The molecular formula is C19H23N5O3. The van der Waals surface area contributed by atoms with Crippen LogP contribution in [0.2, 0.25) is 0 Å². The second kappa shape index (κ2) is 6.38. The summed E-state index contributed by atoms with van der Waals surface area (Å²) >= 11 is 0. The molecule has 1 fully saturated rings. The normalized spacial score (nSPS) is 17.2. The van der Waals surface area contributed by atoms with Crippen LogP contribution in [0.1, 0.15) is 28.4 Å². The summed E-state index contributed by atoms with van der Waals surface area (Å²) in [4.78, 5) is 31.6. The molecule has 0 spiro atoms. The van der Waals surface area contributed by atoms with Crippen LogP contribution in [0.25, 0.3) is 16.9 Å². The Morgan fingerprint density at radius 3 is 2.78 bits per heavy atom. The number of rotatable bonds is 3. The molecule has 1 atom stereocenters. The predicted molar refractivity (Wildman–Crippen MR) is 101 cm³/mol. The van der Waals surface area contributed by atoms with E-state index in [1.54, 1.807) is 22.5 Å². The lowest BCUT2D eigenvalue weighted by atomic mass is 10.1. The summed E-state index contributed by atoms with van der Waals surface area (Å²) in [5, 5.41) is 0. The quantitative estimate of drug-likeness (QED) is 0.751. The fourth-order valence-corrected chi connectivity index (χ4v) is 3.74. The minimum absolute atomic E-state index is 0.159. The number of imidazole rings is 1. The van der Waals surface area contributed by atoms with Gasteiger partial charge < -0.3 is 19.6 Å². The van der Waals surface area contributed by atoms with E-state index in [-0.39, 0.29) is 22.8 Å². The lowest BCUT2D eigenvalue weighted by Gasteiger charge is -2.14. The monoisotopic (exact) mass is 369 g/mol. The zero-order valence-electron chi connectivity index (χ0n) is 15.7. The molecule has 0 aliphatic carbocycles. The first-order chi connectivity index (χ1) is 12.9. The molecule has 3 aromatic heterocycles. The number of hydrogen-bond acceptors (Lipinski definition) is 5. The molecule has 0 radical (unpaired) electrons. The number of fused-ring (bicyclic) bond motifs is 1. The molecule has 142 valence electrons. The molecule has 1 aliphatic rings. The highest BCUT2D eigenvalue weighted by Gasteiger charge is 2.28. The smallest absolute Gasteiger partial charge is 0.294 e. The van der Waals surface area contributed by atoms with E-state index in [1.807, 2.05) is 26.1 Å². The average molecular weight is 369 g/mol. The molecule has 1 unspecified atom stereocenters. The summed E-state index contributed by atoms with van der Waals surface area (Å²) in [6.07, 6.45) is 4.34. The van der Waals surface area contributed by atoms with Crippen molar-refractivity contribution in [3.63, 3.8) is 0 Å². The molecule has 27 heavy (non-hydrogen) atoms. The molecule has 1 amide bonds. The van der Waals surface area contributed by atoms with Crippen LogP contribution in [0.15, 0.2) is 27.7 Å². The van der Waals surface area contributed by atoms with E-state index >= 15 is 0 Å². The number of aryl methyl sites for hydroxylation is 2. The molecule has 8 nitrogen and oxygen atoms in total. The van der Waals surface area contributed by atoms with Crippen LogP contribution in [0.3, 0.4) is 0 Å². The molecule has 4 rings (SSSR count). The van der Waals surface area contributed by atoms with Crippen molar-refractivity contribution in [2.75, 3.05) is 19.6 Å². The topological polar surface area (TPSA) is 98.8 Å². The molecule has 8 heteroatoms. The minimum atomic E-state index is -0.258. The largest absolute Gasteiger partial charge is 0.466 e. The van der Waals surface area contributed by atoms with Gasteiger partial charge in [-0.05, 0) is 38.8 Å². The van der Waals surface area contributed by atoms with Gasteiger partial charge in [-0.3, -0.25) is 14.0 Å². The Morgan fingerprint density at radius 1 is 1.37 bits per heavy atom. The van der Waals surface area contributed by atoms with Gasteiger partial charge in [0.25, 0.3) is 11.5 Å². The van der Waals surface area contributed by atoms with Gasteiger partial charge in [0.1, 0.15) is 17.2 Å². The van der Waals surface area contributed by atoms with E-state index in [4.69, 9.17) is 10.2 Å². The first-order valence-corrected chi connectivity index (χ1v) is 9.04. The Kier molecular flexibility index (Phi) is 4.15. The molecule has 2 N–H and O–H groups in total. The van der Waals surface area contributed by atoms with Crippen molar-refractivity contribution in [2.45, 2.75) is 20.3 Å². The van der Waals surface area contributed by atoms with Crippen LogP contribution >= 0.6 is 0 Å². The predicted octanol–water partition coefficient (Wildman–Crippen LogP) is 1.33.